The Hall–Kier alpha value is -2.07. The van der Waals surface area contributed by atoms with Crippen molar-refractivity contribution in [3.63, 3.8) is 0 Å². The van der Waals surface area contributed by atoms with Gasteiger partial charge < -0.3 is 34.3 Å². The van der Waals surface area contributed by atoms with Crippen molar-refractivity contribution in [3.05, 3.63) is 24.3 Å². The number of carbonyl (C=O) groups excluding carboxylic acids is 1. The summed E-state index contributed by atoms with van der Waals surface area (Å²) in [6, 6.07) is 0. The summed E-state index contributed by atoms with van der Waals surface area (Å²) in [6.07, 6.45) is 0.699. The molecular weight excluding hydrogens is 336 g/mol. The summed E-state index contributed by atoms with van der Waals surface area (Å²) in [5.74, 6) is -1.87. The predicted octanol–water partition coefficient (Wildman–Crippen LogP) is 0.522. The minimum Gasteiger partial charge on any atom is -0.478 e. The van der Waals surface area contributed by atoms with Gasteiger partial charge in [-0.3, -0.25) is 0 Å². The van der Waals surface area contributed by atoms with Crippen molar-refractivity contribution in [3.8, 4) is 0 Å². The van der Waals surface area contributed by atoms with Gasteiger partial charge in [-0.15, -0.1) is 0 Å². The number of carboxylic acids is 2. The molecule has 146 valence electrons. The Kier molecular flexibility index (Phi) is 24.4. The van der Waals surface area contributed by atoms with Gasteiger partial charge in [0.25, 0.3) is 0 Å². The zero-order valence-electron chi connectivity index (χ0n) is 14.7. The number of hydrogen-bond acceptors (Lipinski definition) is 7. The minimum absolute atomic E-state index is 0.0302. The van der Waals surface area contributed by atoms with Crippen LogP contribution in [0, 0.1) is 0 Å². The molecule has 0 heterocycles. The lowest BCUT2D eigenvalue weighted by atomic mass is 10.4. The Bertz CT molecular complexity index is 343. The van der Waals surface area contributed by atoms with Crippen molar-refractivity contribution in [2.24, 2.45) is 0 Å². The number of aliphatic hydroxyl groups excluding tert-OH is 1. The van der Waals surface area contributed by atoms with E-state index in [1.54, 1.807) is 0 Å². The van der Waals surface area contributed by atoms with Crippen LogP contribution in [0.15, 0.2) is 24.3 Å². The fourth-order valence-electron chi connectivity index (χ4n) is 0.636. The Morgan fingerprint density at radius 2 is 1.16 bits per heavy atom. The summed E-state index contributed by atoms with van der Waals surface area (Å²) in [6.45, 7) is 11.5. The first-order valence-corrected chi connectivity index (χ1v) is 7.25. The maximum absolute atomic E-state index is 9.80. The van der Waals surface area contributed by atoms with Gasteiger partial charge in [0.1, 0.15) is 12.9 Å². The van der Waals surface area contributed by atoms with Gasteiger partial charge in [-0.25, -0.2) is 9.59 Å². The van der Waals surface area contributed by atoms with Crippen molar-refractivity contribution in [2.75, 3.05) is 46.2 Å². The van der Waals surface area contributed by atoms with Crippen molar-refractivity contribution in [2.45, 2.75) is 13.8 Å². The number of hydrogen-bond donors (Lipinski definition) is 3. The third-order valence-corrected chi connectivity index (χ3v) is 1.90. The summed E-state index contributed by atoms with van der Waals surface area (Å²) in [5, 5.41) is 24.1. The van der Waals surface area contributed by atoms with Gasteiger partial charge >= 0.3 is 11.9 Å². The van der Waals surface area contributed by atoms with Crippen LogP contribution >= 0.6 is 0 Å². The Balaban J connectivity index is -0.000000336. The SMILES string of the molecule is C=C(C)C(=O)O.C=C(C)C(=O)O.O=CCOCCOCCOCCO. The molecule has 0 aromatic rings. The maximum Gasteiger partial charge on any atom is 0.330 e. The standard InChI is InChI=1S/C8H16O5.2C4H6O2/c9-1-3-11-5-7-13-8-6-12-4-2-10;2*1-3(2)4(5)6/h1,10H,2-8H2;2*1H2,2H3,(H,5,6). The molecule has 0 rings (SSSR count). The Labute approximate surface area is 147 Å². The van der Waals surface area contributed by atoms with E-state index in [-0.39, 0.29) is 24.4 Å². The zero-order valence-corrected chi connectivity index (χ0v) is 14.7. The molecule has 9 nitrogen and oxygen atoms in total. The number of carbonyl (C=O) groups is 3. The van der Waals surface area contributed by atoms with Crippen LogP contribution in [0.2, 0.25) is 0 Å². The van der Waals surface area contributed by atoms with Crippen LogP contribution in [0.25, 0.3) is 0 Å². The molecule has 0 radical (unpaired) electrons. The van der Waals surface area contributed by atoms with Gasteiger partial charge in [-0.05, 0) is 13.8 Å². The summed E-state index contributed by atoms with van der Waals surface area (Å²) < 4.78 is 14.9. The molecule has 0 atom stereocenters. The first kappa shape index (κ1) is 27.8. The molecule has 0 saturated heterocycles. The van der Waals surface area contributed by atoms with E-state index >= 15 is 0 Å². The molecule has 0 bridgehead atoms. The molecule has 9 heteroatoms. The maximum atomic E-state index is 9.80. The third kappa shape index (κ3) is 34.3. The fourth-order valence-corrected chi connectivity index (χ4v) is 0.636. The average Bonchev–Trinajstić information content (AvgIpc) is 2.54. The highest BCUT2D eigenvalue weighted by Gasteiger charge is 1.91. The zero-order chi connectivity index (χ0) is 20.1. The molecular formula is C16H28O9. The normalized spacial score (nSPS) is 8.92. The van der Waals surface area contributed by atoms with Crippen molar-refractivity contribution >= 4 is 18.2 Å². The first-order valence-electron chi connectivity index (χ1n) is 7.25. The van der Waals surface area contributed by atoms with Gasteiger partial charge in [0.05, 0.1) is 39.6 Å². The van der Waals surface area contributed by atoms with Gasteiger partial charge in [0.2, 0.25) is 0 Å². The number of rotatable bonds is 12. The molecule has 0 unspecified atom stereocenters. The fraction of sp³-hybridized carbons (Fsp3) is 0.562. The van der Waals surface area contributed by atoms with Crippen molar-refractivity contribution < 1.29 is 43.9 Å². The van der Waals surface area contributed by atoms with E-state index in [0.29, 0.717) is 39.3 Å². The quantitative estimate of drug-likeness (QED) is 0.257. The molecule has 25 heavy (non-hydrogen) atoms. The van der Waals surface area contributed by atoms with Gasteiger partial charge in [0.15, 0.2) is 0 Å². The van der Waals surface area contributed by atoms with Crippen molar-refractivity contribution in [1.29, 1.82) is 0 Å². The molecule has 0 fully saturated rings. The van der Waals surface area contributed by atoms with Crippen molar-refractivity contribution in [1.82, 2.24) is 0 Å². The van der Waals surface area contributed by atoms with Gasteiger partial charge in [0, 0.05) is 11.1 Å². The second kappa shape index (κ2) is 21.9. The first-order chi connectivity index (χ1) is 11.7. The predicted molar refractivity (Wildman–Crippen MR) is 90.5 cm³/mol. The third-order valence-electron chi connectivity index (χ3n) is 1.90. The van der Waals surface area contributed by atoms with Crippen LogP contribution in [0.4, 0.5) is 0 Å². The lowest BCUT2D eigenvalue weighted by Gasteiger charge is -2.04. The number of aldehydes is 1. The average molecular weight is 364 g/mol. The van der Waals surface area contributed by atoms with E-state index in [1.807, 2.05) is 0 Å². The Morgan fingerprint density at radius 3 is 1.44 bits per heavy atom. The van der Waals surface area contributed by atoms with Crippen LogP contribution in [-0.4, -0.2) is 79.8 Å². The van der Waals surface area contributed by atoms with Crippen LogP contribution in [0.5, 0.6) is 0 Å². The largest absolute Gasteiger partial charge is 0.478 e. The van der Waals surface area contributed by atoms with Gasteiger partial charge in [-0.1, -0.05) is 13.2 Å². The van der Waals surface area contributed by atoms with E-state index in [4.69, 9.17) is 29.5 Å². The van der Waals surface area contributed by atoms with Gasteiger partial charge in [-0.2, -0.15) is 0 Å². The smallest absolute Gasteiger partial charge is 0.330 e. The molecule has 0 aliphatic rings. The molecule has 0 saturated carbocycles. The van der Waals surface area contributed by atoms with E-state index in [0.717, 1.165) is 0 Å². The lowest BCUT2D eigenvalue weighted by molar-refractivity contribution is -0.133. The Morgan fingerprint density at radius 1 is 0.840 bits per heavy atom. The molecule has 0 amide bonds. The van der Waals surface area contributed by atoms with Crippen LogP contribution in [0.1, 0.15) is 13.8 Å². The minimum atomic E-state index is -0.935. The van der Waals surface area contributed by atoms with Crippen LogP contribution in [-0.2, 0) is 28.6 Å². The number of carboxylic acid groups (broad SMARTS) is 2. The second-order valence-corrected chi connectivity index (χ2v) is 4.36. The molecule has 0 aromatic heterocycles. The van der Waals surface area contributed by atoms with E-state index in [1.165, 1.54) is 13.8 Å². The number of aliphatic carboxylic acids is 2. The molecule has 0 aliphatic carbocycles. The molecule has 0 aromatic carbocycles. The molecule has 0 spiro atoms. The number of ether oxygens (including phenoxy) is 3. The highest BCUT2D eigenvalue weighted by atomic mass is 16.5. The lowest BCUT2D eigenvalue weighted by Crippen LogP contribution is -2.11. The topological polar surface area (TPSA) is 140 Å². The summed E-state index contributed by atoms with van der Waals surface area (Å²) in [7, 11) is 0. The van der Waals surface area contributed by atoms with Crippen LogP contribution < -0.4 is 0 Å². The monoisotopic (exact) mass is 364 g/mol. The summed E-state index contributed by atoms with van der Waals surface area (Å²) in [5.41, 5.74) is 0.352. The second-order valence-electron chi connectivity index (χ2n) is 4.36. The molecule has 0 aliphatic heterocycles. The van der Waals surface area contributed by atoms with E-state index in [2.05, 4.69) is 13.2 Å². The highest BCUT2D eigenvalue weighted by molar-refractivity contribution is 5.85. The molecule has 3 N–H and O–H groups in total. The number of aliphatic hydroxyl groups is 1. The van der Waals surface area contributed by atoms with E-state index in [9.17, 15) is 14.4 Å². The van der Waals surface area contributed by atoms with E-state index < -0.39 is 11.9 Å². The summed E-state index contributed by atoms with van der Waals surface area (Å²) >= 11 is 0. The highest BCUT2D eigenvalue weighted by Crippen LogP contribution is 1.82. The van der Waals surface area contributed by atoms with Crippen LogP contribution in [0.3, 0.4) is 0 Å². The summed E-state index contributed by atoms with van der Waals surface area (Å²) in [4.78, 5) is 29.0.